The van der Waals surface area contributed by atoms with Crippen LogP contribution in [0.3, 0.4) is 0 Å². The fourth-order valence-corrected chi connectivity index (χ4v) is 3.29. The average molecular weight is 436 g/mol. The van der Waals surface area contributed by atoms with E-state index in [-0.39, 0.29) is 13.2 Å². The first-order valence-corrected chi connectivity index (χ1v) is 10.2. The molecule has 2 aromatic rings. The molecule has 2 heterocycles. The lowest BCUT2D eigenvalue weighted by molar-refractivity contribution is -0.0782. The van der Waals surface area contributed by atoms with Crippen molar-refractivity contribution in [2.75, 3.05) is 13.2 Å². The van der Waals surface area contributed by atoms with E-state index in [0.29, 0.717) is 11.1 Å². The van der Waals surface area contributed by atoms with Crippen molar-refractivity contribution < 1.29 is 24.0 Å². The van der Waals surface area contributed by atoms with Crippen molar-refractivity contribution in [3.8, 4) is 23.7 Å². The van der Waals surface area contributed by atoms with Gasteiger partial charge in [0, 0.05) is 0 Å². The number of carbonyl (C=O) groups excluding carboxylic acids is 3. The van der Waals surface area contributed by atoms with Crippen LogP contribution in [0.4, 0.5) is 4.79 Å². The fraction of sp³-hybridized carbons (Fsp3) is 0.261. The Hall–Kier alpha value is -3.59. The molecule has 1 aliphatic rings. The van der Waals surface area contributed by atoms with E-state index in [0.717, 1.165) is 14.8 Å². The number of nitrogens with one attached hydrogen (secondary N) is 1. The zero-order valence-corrected chi connectivity index (χ0v) is 18.1. The predicted molar refractivity (Wildman–Crippen MR) is 115 cm³/mol. The number of alkyl carbamates (subject to hydrolysis) is 1. The first-order chi connectivity index (χ1) is 14.7. The molecule has 0 atom stereocenters. The van der Waals surface area contributed by atoms with Gasteiger partial charge in [-0.25, -0.2) is 9.63 Å². The van der Waals surface area contributed by atoms with Crippen LogP contribution >= 0.6 is 11.3 Å². The SMILES string of the molecule is CC(C)(C)OC(=O)NCC#Cc1ccc(C#CCON2C(=O)c3ccccc3C2=O)s1. The molecule has 3 rings (SSSR count). The molecular weight excluding hydrogens is 416 g/mol. The maximum absolute atomic E-state index is 12.2. The van der Waals surface area contributed by atoms with Gasteiger partial charge < -0.3 is 10.1 Å². The summed E-state index contributed by atoms with van der Waals surface area (Å²) in [6, 6.07) is 10.2. The highest BCUT2D eigenvalue weighted by Gasteiger charge is 2.36. The Morgan fingerprint density at radius 3 is 2.16 bits per heavy atom. The molecule has 0 fully saturated rings. The van der Waals surface area contributed by atoms with Crippen molar-refractivity contribution >= 4 is 29.2 Å². The van der Waals surface area contributed by atoms with Gasteiger partial charge in [-0.2, -0.15) is 0 Å². The Labute approximate surface area is 184 Å². The minimum Gasteiger partial charge on any atom is -0.444 e. The van der Waals surface area contributed by atoms with Crippen molar-refractivity contribution in [3.05, 3.63) is 57.3 Å². The largest absolute Gasteiger partial charge is 0.444 e. The first kappa shape index (κ1) is 22.1. The Bertz CT molecular complexity index is 1100. The van der Waals surface area contributed by atoms with Gasteiger partial charge in [-0.15, -0.1) is 16.4 Å². The summed E-state index contributed by atoms with van der Waals surface area (Å²) < 4.78 is 5.13. The van der Waals surface area contributed by atoms with Gasteiger partial charge >= 0.3 is 6.09 Å². The summed E-state index contributed by atoms with van der Waals surface area (Å²) in [4.78, 5) is 42.7. The van der Waals surface area contributed by atoms with E-state index in [1.165, 1.54) is 11.3 Å². The summed E-state index contributed by atoms with van der Waals surface area (Å²) in [5, 5.41) is 3.30. The minimum atomic E-state index is -0.554. The number of amides is 3. The van der Waals surface area contributed by atoms with Crippen molar-refractivity contribution in [3.63, 3.8) is 0 Å². The zero-order chi connectivity index (χ0) is 22.4. The van der Waals surface area contributed by atoms with E-state index < -0.39 is 23.5 Å². The molecule has 31 heavy (non-hydrogen) atoms. The molecule has 0 bridgehead atoms. The molecule has 0 radical (unpaired) electrons. The van der Waals surface area contributed by atoms with Crippen molar-refractivity contribution in [1.29, 1.82) is 0 Å². The molecule has 8 heteroatoms. The average Bonchev–Trinajstić information content (AvgIpc) is 3.25. The molecule has 1 aromatic carbocycles. The summed E-state index contributed by atoms with van der Waals surface area (Å²) in [7, 11) is 0. The number of hydrogen-bond donors (Lipinski definition) is 1. The maximum Gasteiger partial charge on any atom is 0.408 e. The molecule has 3 amide bonds. The molecule has 1 aliphatic heterocycles. The van der Waals surface area contributed by atoms with Crippen LogP contribution in [-0.2, 0) is 9.57 Å². The lowest BCUT2D eigenvalue weighted by Crippen LogP contribution is -2.32. The fourth-order valence-electron chi connectivity index (χ4n) is 2.54. The van der Waals surface area contributed by atoms with Gasteiger partial charge in [0.1, 0.15) is 12.2 Å². The van der Waals surface area contributed by atoms with E-state index in [1.54, 1.807) is 45.0 Å². The number of fused-ring (bicyclic) bond motifs is 1. The first-order valence-electron chi connectivity index (χ1n) is 9.40. The normalized spacial score (nSPS) is 12.4. The second-order valence-corrected chi connectivity index (χ2v) is 8.43. The number of thiophene rings is 1. The van der Waals surface area contributed by atoms with Crippen LogP contribution in [0.25, 0.3) is 0 Å². The maximum atomic E-state index is 12.2. The Balaban J connectivity index is 1.47. The number of hydroxylamine groups is 2. The standard InChI is InChI=1S/C23H20N2O5S/c1-23(2,3)30-22(28)24-14-6-8-16-12-13-17(31-16)9-7-15-29-25-20(26)18-10-4-5-11-19(18)21(25)27/h4-5,10-13H,14-15H2,1-3H3,(H,24,28). The zero-order valence-electron chi connectivity index (χ0n) is 17.3. The third-order valence-corrected chi connectivity index (χ3v) is 4.69. The topological polar surface area (TPSA) is 84.9 Å². The quantitative estimate of drug-likeness (QED) is 0.590. The monoisotopic (exact) mass is 436 g/mol. The molecule has 0 unspecified atom stereocenters. The van der Waals surface area contributed by atoms with Gasteiger partial charge in [0.05, 0.1) is 27.4 Å². The second-order valence-electron chi connectivity index (χ2n) is 7.35. The predicted octanol–water partition coefficient (Wildman–Crippen LogP) is 3.20. The number of benzene rings is 1. The third-order valence-electron chi connectivity index (χ3n) is 3.77. The number of hydrogen-bond acceptors (Lipinski definition) is 6. The van der Waals surface area contributed by atoms with Crippen LogP contribution in [0.1, 0.15) is 51.2 Å². The van der Waals surface area contributed by atoms with E-state index >= 15 is 0 Å². The second kappa shape index (κ2) is 9.48. The summed E-state index contributed by atoms with van der Waals surface area (Å²) in [6.45, 7) is 5.43. The Morgan fingerprint density at radius 2 is 1.58 bits per heavy atom. The van der Waals surface area contributed by atoms with Gasteiger partial charge in [-0.05, 0) is 45.0 Å². The molecule has 0 saturated heterocycles. The van der Waals surface area contributed by atoms with E-state index in [4.69, 9.17) is 9.57 Å². The highest BCUT2D eigenvalue weighted by atomic mass is 32.1. The van der Waals surface area contributed by atoms with E-state index in [2.05, 4.69) is 29.0 Å². The molecule has 0 aliphatic carbocycles. The van der Waals surface area contributed by atoms with Gasteiger partial charge in [-0.1, -0.05) is 35.8 Å². The van der Waals surface area contributed by atoms with Crippen molar-refractivity contribution in [2.45, 2.75) is 26.4 Å². The molecule has 158 valence electrons. The van der Waals surface area contributed by atoms with E-state index in [1.807, 2.05) is 12.1 Å². The van der Waals surface area contributed by atoms with Crippen LogP contribution in [0, 0.1) is 23.7 Å². The molecule has 7 nitrogen and oxygen atoms in total. The van der Waals surface area contributed by atoms with Crippen LogP contribution < -0.4 is 5.32 Å². The van der Waals surface area contributed by atoms with Crippen LogP contribution in [-0.4, -0.2) is 41.7 Å². The number of carbonyl (C=O) groups is 3. The smallest absolute Gasteiger partial charge is 0.408 e. The van der Waals surface area contributed by atoms with Gasteiger partial charge in [0.15, 0.2) is 0 Å². The van der Waals surface area contributed by atoms with E-state index in [9.17, 15) is 14.4 Å². The minimum absolute atomic E-state index is 0.107. The Morgan fingerprint density at radius 1 is 1.00 bits per heavy atom. The highest BCUT2D eigenvalue weighted by Crippen LogP contribution is 2.22. The van der Waals surface area contributed by atoms with Crippen molar-refractivity contribution in [1.82, 2.24) is 10.4 Å². The molecule has 0 saturated carbocycles. The lowest BCUT2D eigenvalue weighted by Gasteiger charge is -2.18. The highest BCUT2D eigenvalue weighted by molar-refractivity contribution is 7.13. The Kier molecular flexibility index (Phi) is 6.76. The lowest BCUT2D eigenvalue weighted by atomic mass is 10.1. The van der Waals surface area contributed by atoms with Crippen LogP contribution in [0.15, 0.2) is 36.4 Å². The summed E-state index contributed by atoms with van der Waals surface area (Å²) in [5.41, 5.74) is 0.0909. The number of rotatable bonds is 3. The van der Waals surface area contributed by atoms with Crippen LogP contribution in [0.2, 0.25) is 0 Å². The summed E-state index contributed by atoms with van der Waals surface area (Å²) in [6.07, 6.45) is -0.516. The third kappa shape index (κ3) is 5.95. The van der Waals surface area contributed by atoms with Gasteiger partial charge in [0.25, 0.3) is 11.8 Å². The van der Waals surface area contributed by atoms with Gasteiger partial charge in [0.2, 0.25) is 0 Å². The molecule has 0 spiro atoms. The molecule has 1 aromatic heterocycles. The molecular formula is C23H20N2O5S. The molecule has 1 N–H and O–H groups in total. The van der Waals surface area contributed by atoms with Crippen LogP contribution in [0.5, 0.6) is 0 Å². The summed E-state index contributed by atoms with van der Waals surface area (Å²) in [5.74, 6) is 10.5. The van der Waals surface area contributed by atoms with Crippen molar-refractivity contribution in [2.24, 2.45) is 0 Å². The summed E-state index contributed by atoms with van der Waals surface area (Å²) >= 11 is 1.38. The number of ether oxygens (including phenoxy) is 1. The number of nitrogens with zero attached hydrogens (tertiary/aromatic N) is 1. The number of imide groups is 1. The van der Waals surface area contributed by atoms with Gasteiger partial charge in [-0.3, -0.25) is 9.59 Å².